The van der Waals surface area contributed by atoms with Gasteiger partial charge in [0.2, 0.25) is 0 Å². The highest BCUT2D eigenvalue weighted by Crippen LogP contribution is 2.43. The van der Waals surface area contributed by atoms with Crippen LogP contribution >= 0.6 is 0 Å². The van der Waals surface area contributed by atoms with Crippen LogP contribution < -0.4 is 0 Å². The highest BCUT2D eigenvalue weighted by atomic mass is 16.1. The summed E-state index contributed by atoms with van der Waals surface area (Å²) >= 11 is 0. The molecule has 1 aliphatic rings. The smallest absolute Gasteiger partial charge is 0.171 e. The number of hydrogen-bond acceptors (Lipinski definition) is 2. The Morgan fingerprint density at radius 2 is 1.94 bits per heavy atom. The van der Waals surface area contributed by atoms with Crippen LogP contribution in [0.5, 0.6) is 0 Å². The Hall–Kier alpha value is -1.96. The second kappa shape index (κ2) is 3.81. The summed E-state index contributed by atoms with van der Waals surface area (Å²) in [6, 6.07) is 11.8. The summed E-state index contributed by atoms with van der Waals surface area (Å²) in [6.07, 6.45) is 3.53. The van der Waals surface area contributed by atoms with Crippen molar-refractivity contribution in [3.63, 3.8) is 0 Å². The van der Waals surface area contributed by atoms with Gasteiger partial charge in [-0.05, 0) is 23.1 Å². The Morgan fingerprint density at radius 1 is 1.12 bits per heavy atom. The number of hydrogen-bond donors (Lipinski definition) is 0. The maximum atomic E-state index is 12.4. The summed E-state index contributed by atoms with van der Waals surface area (Å²) in [7, 11) is 0. The molecule has 84 valence electrons. The second-order valence-corrected chi connectivity index (χ2v) is 4.50. The fourth-order valence-electron chi connectivity index (χ4n) is 2.69. The molecule has 0 aliphatic heterocycles. The van der Waals surface area contributed by atoms with Gasteiger partial charge in [-0.1, -0.05) is 37.3 Å². The molecule has 1 aromatic carbocycles. The van der Waals surface area contributed by atoms with Crippen molar-refractivity contribution in [2.75, 3.05) is 0 Å². The van der Waals surface area contributed by atoms with Crippen LogP contribution in [0, 0.1) is 0 Å². The predicted molar refractivity (Wildman–Crippen MR) is 66.2 cm³/mol. The summed E-state index contributed by atoms with van der Waals surface area (Å²) < 4.78 is 0. The minimum atomic E-state index is -0.0684. The van der Waals surface area contributed by atoms with Gasteiger partial charge < -0.3 is 0 Å². The van der Waals surface area contributed by atoms with Crippen molar-refractivity contribution in [3.8, 4) is 0 Å². The molecule has 0 saturated heterocycles. The lowest BCUT2D eigenvalue weighted by molar-refractivity contribution is 0.0966. The van der Waals surface area contributed by atoms with Crippen LogP contribution in [0.1, 0.15) is 40.2 Å². The standard InChI is InChI=1S/C15H13NO/c1-10-12-6-2-3-7-13(12)15(17)14(10)11-5-4-8-16-9-11/h2-10,14H,1H3/t10-,14-/m1/s1. The van der Waals surface area contributed by atoms with Gasteiger partial charge in [-0.25, -0.2) is 0 Å². The third kappa shape index (κ3) is 1.48. The van der Waals surface area contributed by atoms with E-state index in [1.165, 1.54) is 0 Å². The van der Waals surface area contributed by atoms with E-state index >= 15 is 0 Å². The van der Waals surface area contributed by atoms with Crippen LogP contribution in [0.15, 0.2) is 48.8 Å². The molecule has 2 nitrogen and oxygen atoms in total. The van der Waals surface area contributed by atoms with E-state index in [0.717, 1.165) is 16.7 Å². The molecule has 0 N–H and O–H groups in total. The lowest BCUT2D eigenvalue weighted by Gasteiger charge is -2.14. The van der Waals surface area contributed by atoms with E-state index in [4.69, 9.17) is 0 Å². The van der Waals surface area contributed by atoms with Crippen molar-refractivity contribution in [1.29, 1.82) is 0 Å². The molecule has 0 unspecified atom stereocenters. The average molecular weight is 223 g/mol. The van der Waals surface area contributed by atoms with Gasteiger partial charge in [0, 0.05) is 18.0 Å². The van der Waals surface area contributed by atoms with Gasteiger partial charge in [0.15, 0.2) is 5.78 Å². The molecular weight excluding hydrogens is 210 g/mol. The lowest BCUT2D eigenvalue weighted by Crippen LogP contribution is -2.09. The molecule has 0 radical (unpaired) electrons. The molecule has 17 heavy (non-hydrogen) atoms. The number of carbonyl (C=O) groups excluding carboxylic acids is 1. The maximum Gasteiger partial charge on any atom is 0.171 e. The zero-order chi connectivity index (χ0) is 11.8. The molecule has 0 bridgehead atoms. The summed E-state index contributed by atoms with van der Waals surface area (Å²) in [5, 5.41) is 0. The van der Waals surface area contributed by atoms with Crippen LogP contribution in [0.3, 0.4) is 0 Å². The molecular formula is C15H13NO. The minimum Gasteiger partial charge on any atom is -0.293 e. The Kier molecular flexibility index (Phi) is 2.29. The number of benzene rings is 1. The third-order valence-corrected chi connectivity index (χ3v) is 3.54. The quantitative estimate of drug-likeness (QED) is 0.743. The molecule has 1 heterocycles. The summed E-state index contributed by atoms with van der Waals surface area (Å²) in [6.45, 7) is 2.11. The van der Waals surface area contributed by atoms with E-state index < -0.39 is 0 Å². The van der Waals surface area contributed by atoms with E-state index in [-0.39, 0.29) is 17.6 Å². The summed E-state index contributed by atoms with van der Waals surface area (Å²) in [5.74, 6) is 0.394. The van der Waals surface area contributed by atoms with Gasteiger partial charge in [-0.15, -0.1) is 0 Å². The number of Topliss-reactive ketones (excluding diaryl/α,β-unsaturated/α-hetero) is 1. The van der Waals surface area contributed by atoms with E-state index in [1.807, 2.05) is 36.4 Å². The largest absolute Gasteiger partial charge is 0.293 e. The van der Waals surface area contributed by atoms with Crippen molar-refractivity contribution in [2.45, 2.75) is 18.8 Å². The zero-order valence-electron chi connectivity index (χ0n) is 9.63. The van der Waals surface area contributed by atoms with Gasteiger partial charge in [-0.3, -0.25) is 9.78 Å². The summed E-state index contributed by atoms with van der Waals surface area (Å²) in [4.78, 5) is 16.5. The molecule has 0 fully saturated rings. The first-order chi connectivity index (χ1) is 8.29. The van der Waals surface area contributed by atoms with Crippen molar-refractivity contribution >= 4 is 5.78 Å². The maximum absolute atomic E-state index is 12.4. The molecule has 3 rings (SSSR count). The first kappa shape index (κ1) is 10.2. The van der Waals surface area contributed by atoms with Crippen molar-refractivity contribution in [1.82, 2.24) is 4.98 Å². The number of aromatic nitrogens is 1. The van der Waals surface area contributed by atoms with Crippen LogP contribution in [-0.4, -0.2) is 10.8 Å². The van der Waals surface area contributed by atoms with Crippen LogP contribution in [-0.2, 0) is 0 Å². The molecule has 2 atom stereocenters. The van der Waals surface area contributed by atoms with E-state index in [2.05, 4.69) is 11.9 Å². The lowest BCUT2D eigenvalue weighted by atomic mass is 9.88. The van der Waals surface area contributed by atoms with Crippen molar-refractivity contribution in [3.05, 3.63) is 65.5 Å². The Labute approximate surface area is 100 Å². The average Bonchev–Trinajstić information content (AvgIpc) is 2.64. The molecule has 0 saturated carbocycles. The molecule has 0 spiro atoms. The predicted octanol–water partition coefficient (Wildman–Crippen LogP) is 3.17. The highest BCUT2D eigenvalue weighted by molar-refractivity contribution is 6.06. The molecule has 1 aliphatic carbocycles. The normalized spacial score (nSPS) is 22.5. The van der Waals surface area contributed by atoms with Gasteiger partial charge in [0.25, 0.3) is 0 Å². The number of carbonyl (C=O) groups is 1. The fourth-order valence-corrected chi connectivity index (χ4v) is 2.69. The molecule has 2 aromatic rings. The van der Waals surface area contributed by atoms with Crippen molar-refractivity contribution < 1.29 is 4.79 Å². The molecule has 1 aromatic heterocycles. The SMILES string of the molecule is C[C@@H]1c2ccccc2C(=O)[C@H]1c1cccnc1. The Bertz CT molecular complexity index is 562. The van der Waals surface area contributed by atoms with Gasteiger partial charge in [0.1, 0.15) is 0 Å². The topological polar surface area (TPSA) is 30.0 Å². The number of fused-ring (bicyclic) bond motifs is 1. The number of rotatable bonds is 1. The van der Waals surface area contributed by atoms with Crippen LogP contribution in [0.4, 0.5) is 0 Å². The second-order valence-electron chi connectivity index (χ2n) is 4.50. The van der Waals surface area contributed by atoms with E-state index in [1.54, 1.807) is 12.4 Å². The first-order valence-corrected chi connectivity index (χ1v) is 5.82. The molecule has 2 heteroatoms. The molecule has 0 amide bonds. The van der Waals surface area contributed by atoms with Gasteiger partial charge in [0.05, 0.1) is 5.92 Å². The number of nitrogens with zero attached hydrogens (tertiary/aromatic N) is 1. The number of pyridine rings is 1. The number of ketones is 1. The van der Waals surface area contributed by atoms with Gasteiger partial charge in [-0.2, -0.15) is 0 Å². The Balaban J connectivity index is 2.10. The highest BCUT2D eigenvalue weighted by Gasteiger charge is 2.37. The monoisotopic (exact) mass is 223 g/mol. The Morgan fingerprint density at radius 3 is 2.65 bits per heavy atom. The van der Waals surface area contributed by atoms with Crippen LogP contribution in [0.25, 0.3) is 0 Å². The fraction of sp³-hybridized carbons (Fsp3) is 0.200. The van der Waals surface area contributed by atoms with Gasteiger partial charge >= 0.3 is 0 Å². The van der Waals surface area contributed by atoms with E-state index in [9.17, 15) is 4.79 Å². The first-order valence-electron chi connectivity index (χ1n) is 5.82. The zero-order valence-corrected chi connectivity index (χ0v) is 9.63. The third-order valence-electron chi connectivity index (χ3n) is 3.54. The van der Waals surface area contributed by atoms with Crippen molar-refractivity contribution in [2.24, 2.45) is 0 Å². The minimum absolute atomic E-state index is 0.0684. The van der Waals surface area contributed by atoms with Crippen LogP contribution in [0.2, 0.25) is 0 Å². The van der Waals surface area contributed by atoms with E-state index in [0.29, 0.717) is 0 Å². The summed E-state index contributed by atoms with van der Waals surface area (Å²) in [5.41, 5.74) is 3.04.